The first-order valence-corrected chi connectivity index (χ1v) is 15.2. The zero-order valence-electron chi connectivity index (χ0n) is 24.0. The Morgan fingerprint density at radius 2 is 0.974 bits per heavy atom. The minimum atomic E-state index is -0.419. The van der Waals surface area contributed by atoms with E-state index in [1.165, 1.54) is 108 Å². The second kappa shape index (κ2) is 20.9. The van der Waals surface area contributed by atoms with Crippen molar-refractivity contribution in [3.63, 3.8) is 0 Å². The van der Waals surface area contributed by atoms with Gasteiger partial charge in [-0.15, -0.1) is 0 Å². The first kappa shape index (κ1) is 32.2. The van der Waals surface area contributed by atoms with Crippen molar-refractivity contribution in [1.29, 1.82) is 0 Å². The van der Waals surface area contributed by atoms with Crippen LogP contribution in [-0.2, 0) is 9.59 Å². The number of hydrogen-bond donors (Lipinski definition) is 3. The van der Waals surface area contributed by atoms with E-state index in [9.17, 15) is 14.7 Å². The Hall–Kier alpha value is -3.02. The highest BCUT2D eigenvalue weighted by Gasteiger charge is 2.10. The summed E-state index contributed by atoms with van der Waals surface area (Å²) < 4.78 is 5.83. The lowest BCUT2D eigenvalue weighted by molar-refractivity contribution is -0.123. The van der Waals surface area contributed by atoms with Crippen molar-refractivity contribution in [1.82, 2.24) is 0 Å². The van der Waals surface area contributed by atoms with E-state index < -0.39 is 11.8 Å². The molecule has 216 valence electrons. The van der Waals surface area contributed by atoms with Crippen molar-refractivity contribution in [2.45, 2.75) is 116 Å². The van der Waals surface area contributed by atoms with Crippen LogP contribution in [0.15, 0.2) is 48.5 Å². The number of amides is 2. The summed E-state index contributed by atoms with van der Waals surface area (Å²) >= 11 is 0. The summed E-state index contributed by atoms with van der Waals surface area (Å²) in [4.78, 5) is 24.2. The number of phenolic OH excluding ortho intramolecular Hbond substituents is 1. The van der Waals surface area contributed by atoms with Gasteiger partial charge < -0.3 is 20.5 Å². The van der Waals surface area contributed by atoms with E-state index in [0.717, 1.165) is 12.2 Å². The molecule has 0 aliphatic heterocycles. The van der Waals surface area contributed by atoms with Crippen molar-refractivity contribution in [2.24, 2.45) is 0 Å². The molecule has 0 saturated heterocycles. The Balaban J connectivity index is 1.42. The minimum Gasteiger partial charge on any atom is -0.508 e. The van der Waals surface area contributed by atoms with Gasteiger partial charge in [0.15, 0.2) is 0 Å². The van der Waals surface area contributed by atoms with Gasteiger partial charge in [-0.2, -0.15) is 0 Å². The highest BCUT2D eigenvalue weighted by Crippen LogP contribution is 2.18. The third kappa shape index (κ3) is 16.5. The molecule has 0 radical (unpaired) electrons. The fourth-order valence-electron chi connectivity index (χ4n) is 4.58. The third-order valence-corrected chi connectivity index (χ3v) is 6.88. The first-order valence-electron chi connectivity index (χ1n) is 15.2. The molecule has 0 saturated carbocycles. The van der Waals surface area contributed by atoms with Gasteiger partial charge in [0.25, 0.3) is 0 Å². The number of benzene rings is 2. The van der Waals surface area contributed by atoms with Gasteiger partial charge in [-0.25, -0.2) is 0 Å². The van der Waals surface area contributed by atoms with E-state index in [1.807, 2.05) is 12.1 Å². The topological polar surface area (TPSA) is 87.7 Å². The second-order valence-corrected chi connectivity index (χ2v) is 10.5. The van der Waals surface area contributed by atoms with E-state index in [4.69, 9.17) is 4.74 Å². The summed E-state index contributed by atoms with van der Waals surface area (Å²) in [5, 5.41) is 14.6. The molecule has 2 rings (SSSR count). The molecule has 3 N–H and O–H groups in total. The van der Waals surface area contributed by atoms with Crippen LogP contribution in [0.4, 0.5) is 11.4 Å². The van der Waals surface area contributed by atoms with Gasteiger partial charge in [0.1, 0.15) is 17.9 Å². The number of carbonyl (C=O) groups is 2. The van der Waals surface area contributed by atoms with Crippen molar-refractivity contribution in [3.05, 3.63) is 48.5 Å². The molecule has 2 amide bonds. The first-order chi connectivity index (χ1) is 19.1. The zero-order valence-corrected chi connectivity index (χ0v) is 24.0. The van der Waals surface area contributed by atoms with Crippen LogP contribution in [0, 0.1) is 0 Å². The van der Waals surface area contributed by atoms with Crippen LogP contribution in [0.2, 0.25) is 0 Å². The molecular weight excluding hydrogens is 488 g/mol. The van der Waals surface area contributed by atoms with Crippen molar-refractivity contribution >= 4 is 23.2 Å². The molecule has 6 nitrogen and oxygen atoms in total. The quantitative estimate of drug-likeness (QED) is 0.0793. The highest BCUT2D eigenvalue weighted by molar-refractivity contribution is 6.08. The van der Waals surface area contributed by atoms with Crippen molar-refractivity contribution in [2.75, 3.05) is 17.2 Å². The normalized spacial score (nSPS) is 10.8. The summed E-state index contributed by atoms with van der Waals surface area (Å²) in [7, 11) is 0. The minimum absolute atomic E-state index is 0.114. The summed E-state index contributed by atoms with van der Waals surface area (Å²) in [6.45, 7) is 2.97. The molecule has 0 fully saturated rings. The molecule has 2 aromatic rings. The fourth-order valence-corrected chi connectivity index (χ4v) is 4.58. The van der Waals surface area contributed by atoms with Gasteiger partial charge in [-0.3, -0.25) is 9.59 Å². The molecule has 0 aliphatic carbocycles. The van der Waals surface area contributed by atoms with Gasteiger partial charge in [0.2, 0.25) is 11.8 Å². The van der Waals surface area contributed by atoms with Crippen molar-refractivity contribution < 1.29 is 19.4 Å². The monoisotopic (exact) mass is 538 g/mol. The standard InChI is InChI=1S/C33H50N2O4/c1-2-3-4-5-6-7-8-9-10-11-12-13-14-15-16-17-26-39-31-24-20-29(21-25-31)35-33(38)27-32(37)34-28-18-22-30(36)23-19-28/h18-25,36H,2-17,26-27H2,1H3,(H,34,37)(H,35,38). The summed E-state index contributed by atoms with van der Waals surface area (Å²) in [5.41, 5.74) is 1.14. The predicted octanol–water partition coefficient (Wildman–Crippen LogP) is 9.00. The lowest BCUT2D eigenvalue weighted by Gasteiger charge is -2.09. The molecule has 0 atom stereocenters. The Kier molecular flexibility index (Phi) is 17.2. The van der Waals surface area contributed by atoms with Crippen LogP contribution in [0.1, 0.15) is 116 Å². The molecule has 0 aliphatic rings. The van der Waals surface area contributed by atoms with E-state index in [0.29, 0.717) is 18.0 Å². The van der Waals surface area contributed by atoms with Crippen LogP contribution in [0.5, 0.6) is 11.5 Å². The Labute approximate surface area is 235 Å². The lowest BCUT2D eigenvalue weighted by Crippen LogP contribution is -2.21. The Morgan fingerprint density at radius 1 is 0.590 bits per heavy atom. The summed E-state index contributed by atoms with van der Waals surface area (Å²) in [6, 6.07) is 13.3. The van der Waals surface area contributed by atoms with Gasteiger partial charge in [-0.05, 0) is 55.0 Å². The zero-order chi connectivity index (χ0) is 28.0. The molecular formula is C33H50N2O4. The molecule has 0 aromatic heterocycles. The number of rotatable bonds is 22. The van der Waals surface area contributed by atoms with Gasteiger partial charge >= 0.3 is 0 Å². The average molecular weight is 539 g/mol. The summed E-state index contributed by atoms with van der Waals surface area (Å²) in [6.07, 6.45) is 21.3. The molecule has 0 unspecified atom stereocenters. The Bertz CT molecular complexity index is 912. The van der Waals surface area contributed by atoms with E-state index in [2.05, 4.69) is 17.6 Å². The van der Waals surface area contributed by atoms with E-state index >= 15 is 0 Å². The second-order valence-electron chi connectivity index (χ2n) is 10.5. The maximum Gasteiger partial charge on any atom is 0.233 e. The number of unbranched alkanes of at least 4 members (excludes halogenated alkanes) is 15. The summed E-state index contributed by atoms with van der Waals surface area (Å²) in [5.74, 6) is 0.0762. The number of ether oxygens (including phenoxy) is 1. The van der Waals surface area contributed by atoms with Gasteiger partial charge in [-0.1, -0.05) is 103 Å². The highest BCUT2D eigenvalue weighted by atomic mass is 16.5. The number of aromatic hydroxyl groups is 1. The average Bonchev–Trinajstić information content (AvgIpc) is 2.92. The molecule has 2 aromatic carbocycles. The van der Waals surface area contributed by atoms with Gasteiger partial charge in [0.05, 0.1) is 6.61 Å². The number of nitrogens with one attached hydrogen (secondary N) is 2. The largest absolute Gasteiger partial charge is 0.508 e. The maximum absolute atomic E-state index is 12.2. The number of carbonyl (C=O) groups excluding carboxylic acids is 2. The molecule has 39 heavy (non-hydrogen) atoms. The third-order valence-electron chi connectivity index (χ3n) is 6.88. The Morgan fingerprint density at radius 3 is 1.41 bits per heavy atom. The number of hydrogen-bond acceptors (Lipinski definition) is 4. The van der Waals surface area contributed by atoms with E-state index in [1.54, 1.807) is 24.3 Å². The molecule has 0 bridgehead atoms. The van der Waals surface area contributed by atoms with E-state index in [-0.39, 0.29) is 12.2 Å². The lowest BCUT2D eigenvalue weighted by atomic mass is 10.0. The van der Waals surface area contributed by atoms with Crippen LogP contribution >= 0.6 is 0 Å². The molecule has 0 spiro atoms. The van der Waals surface area contributed by atoms with Crippen LogP contribution in [0.3, 0.4) is 0 Å². The number of phenols is 1. The molecule has 6 heteroatoms. The van der Waals surface area contributed by atoms with Gasteiger partial charge in [0, 0.05) is 11.4 Å². The maximum atomic E-state index is 12.2. The van der Waals surface area contributed by atoms with Crippen LogP contribution < -0.4 is 15.4 Å². The molecule has 0 heterocycles. The van der Waals surface area contributed by atoms with Crippen molar-refractivity contribution in [3.8, 4) is 11.5 Å². The van der Waals surface area contributed by atoms with Crippen LogP contribution in [0.25, 0.3) is 0 Å². The predicted molar refractivity (Wildman–Crippen MR) is 161 cm³/mol. The number of anilines is 2. The smallest absolute Gasteiger partial charge is 0.233 e. The van der Waals surface area contributed by atoms with Crippen LogP contribution in [-0.4, -0.2) is 23.5 Å². The fraction of sp³-hybridized carbons (Fsp3) is 0.576. The SMILES string of the molecule is CCCCCCCCCCCCCCCCCCOc1ccc(NC(=O)CC(=O)Nc2ccc(O)cc2)cc1.